The maximum atomic E-state index is 4.91. The van der Waals surface area contributed by atoms with Crippen molar-refractivity contribution >= 4 is 22.3 Å². The van der Waals surface area contributed by atoms with Gasteiger partial charge in [-0.2, -0.15) is 0 Å². The summed E-state index contributed by atoms with van der Waals surface area (Å²) in [4.78, 5) is 34.9. The zero-order chi connectivity index (χ0) is 23.9. The van der Waals surface area contributed by atoms with Crippen LogP contribution >= 0.6 is 0 Å². The second kappa shape index (κ2) is 9.39. The summed E-state index contributed by atoms with van der Waals surface area (Å²) < 4.78 is 3.50. The SMILES string of the molecule is [Pd+2].[c-]1nc2ncncc2n1-c1cccc(-c2ccccc2-c2cccc(-n3[c-]nc4ncncc43)n2)n1. The summed E-state index contributed by atoms with van der Waals surface area (Å²) in [5, 5.41) is 0. The molecule has 0 spiro atoms. The molecule has 0 saturated heterocycles. The Bertz CT molecular complexity index is 1740. The van der Waals surface area contributed by atoms with E-state index in [1.807, 2.05) is 60.7 Å². The normalized spacial score (nSPS) is 11.0. The summed E-state index contributed by atoms with van der Waals surface area (Å²) in [5.41, 5.74) is 6.04. The minimum Gasteiger partial charge on any atom is -0.409 e. The molecule has 0 bridgehead atoms. The van der Waals surface area contributed by atoms with Crippen molar-refractivity contribution in [2.24, 2.45) is 0 Å². The Balaban J connectivity index is 0.00000252. The van der Waals surface area contributed by atoms with Crippen LogP contribution in [0.15, 0.2) is 85.7 Å². The number of imidazole rings is 2. The summed E-state index contributed by atoms with van der Waals surface area (Å²) in [6, 6.07) is 19.7. The van der Waals surface area contributed by atoms with Crippen molar-refractivity contribution in [3.8, 4) is 34.2 Å². The second-order valence-corrected chi connectivity index (χ2v) is 7.87. The molecule has 7 rings (SSSR count). The fourth-order valence-corrected chi connectivity index (χ4v) is 4.10. The van der Waals surface area contributed by atoms with Crippen LogP contribution in [0.4, 0.5) is 0 Å². The minimum absolute atomic E-state index is 0. The van der Waals surface area contributed by atoms with Gasteiger partial charge in [-0.15, -0.1) is 0 Å². The van der Waals surface area contributed by atoms with Crippen molar-refractivity contribution in [1.82, 2.24) is 49.0 Å². The predicted molar refractivity (Wildman–Crippen MR) is 131 cm³/mol. The van der Waals surface area contributed by atoms with Crippen molar-refractivity contribution in [3.63, 3.8) is 0 Å². The molecule has 0 aliphatic rings. The van der Waals surface area contributed by atoms with E-state index in [4.69, 9.17) is 9.97 Å². The van der Waals surface area contributed by atoms with Crippen molar-refractivity contribution in [2.75, 3.05) is 0 Å². The van der Waals surface area contributed by atoms with Gasteiger partial charge in [0, 0.05) is 36.2 Å². The molecule has 10 nitrogen and oxygen atoms in total. The molecule has 0 aliphatic carbocycles. The van der Waals surface area contributed by atoms with Gasteiger partial charge in [-0.05, 0) is 23.2 Å². The van der Waals surface area contributed by atoms with Gasteiger partial charge in [-0.3, -0.25) is 29.9 Å². The third-order valence-electron chi connectivity index (χ3n) is 5.74. The van der Waals surface area contributed by atoms with Gasteiger partial charge in [0.25, 0.3) is 0 Å². The van der Waals surface area contributed by atoms with Crippen LogP contribution in [-0.2, 0) is 20.4 Å². The maximum absolute atomic E-state index is 4.91. The Hall–Kier alpha value is -4.72. The molecule has 0 fully saturated rings. The van der Waals surface area contributed by atoms with Crippen LogP contribution < -0.4 is 0 Å². The van der Waals surface area contributed by atoms with Crippen LogP contribution in [0, 0.1) is 12.7 Å². The summed E-state index contributed by atoms with van der Waals surface area (Å²) in [6.07, 6.45) is 12.2. The topological polar surface area (TPSA) is 113 Å². The molecule has 0 saturated carbocycles. The molecule has 6 heterocycles. The van der Waals surface area contributed by atoms with E-state index in [1.165, 1.54) is 12.7 Å². The molecule has 7 aromatic rings. The first-order valence-corrected chi connectivity index (χ1v) is 11.0. The molecule has 0 radical (unpaired) electrons. The zero-order valence-electron chi connectivity index (χ0n) is 18.9. The Morgan fingerprint density at radius 2 is 1.05 bits per heavy atom. The van der Waals surface area contributed by atoms with E-state index in [0.29, 0.717) is 22.9 Å². The third-order valence-corrected chi connectivity index (χ3v) is 5.74. The average Bonchev–Trinajstić information content (AvgIpc) is 3.58. The molecule has 1 aromatic carbocycles. The van der Waals surface area contributed by atoms with E-state index in [0.717, 1.165) is 33.5 Å². The predicted octanol–water partition coefficient (Wildman–Crippen LogP) is 3.67. The zero-order valence-corrected chi connectivity index (χ0v) is 20.4. The number of benzene rings is 1. The van der Waals surface area contributed by atoms with Gasteiger partial charge >= 0.3 is 20.4 Å². The van der Waals surface area contributed by atoms with Crippen molar-refractivity contribution in [3.05, 3.63) is 98.4 Å². The van der Waals surface area contributed by atoms with Gasteiger partial charge in [0.15, 0.2) is 0 Å². The summed E-state index contributed by atoms with van der Waals surface area (Å²) in [7, 11) is 0. The molecular weight excluding hydrogens is 559 g/mol. The number of nitrogens with zero attached hydrogens (tertiary/aromatic N) is 10. The second-order valence-electron chi connectivity index (χ2n) is 7.87. The molecule has 0 unspecified atom stereocenters. The molecular formula is C26H14N10Pd. The molecule has 37 heavy (non-hydrogen) atoms. The minimum atomic E-state index is 0. The number of pyridine rings is 2. The standard InChI is InChI=1S/C26H14N10.Pd/c1-2-6-18(20-8-4-10-24(34-20)36-16-32-26-22(36)12-28-14-30-26)17(5-1)19-7-3-9-23(33-19)35-15-31-25-21(35)11-27-13-29-25;/h1-14H;/q-2;+2. The van der Waals surface area contributed by atoms with Crippen LogP contribution in [0.5, 0.6) is 0 Å². The smallest absolute Gasteiger partial charge is 0.409 e. The Labute approximate surface area is 223 Å². The maximum Gasteiger partial charge on any atom is 2.00 e. The summed E-state index contributed by atoms with van der Waals surface area (Å²) in [6.45, 7) is 0. The Kier molecular flexibility index (Phi) is 5.77. The van der Waals surface area contributed by atoms with E-state index in [-0.39, 0.29) is 20.4 Å². The molecule has 0 N–H and O–H groups in total. The number of rotatable bonds is 4. The van der Waals surface area contributed by atoms with Gasteiger partial charge in [-0.25, -0.2) is 0 Å². The van der Waals surface area contributed by atoms with Gasteiger partial charge in [-0.1, -0.05) is 48.5 Å². The molecule has 0 aliphatic heterocycles. The van der Waals surface area contributed by atoms with E-state index < -0.39 is 0 Å². The van der Waals surface area contributed by atoms with Crippen molar-refractivity contribution < 1.29 is 20.4 Å². The van der Waals surface area contributed by atoms with E-state index in [2.05, 4.69) is 42.6 Å². The molecule has 6 aromatic heterocycles. The number of hydrogen-bond acceptors (Lipinski definition) is 8. The molecule has 0 atom stereocenters. The Morgan fingerprint density at radius 1 is 0.568 bits per heavy atom. The first kappa shape index (κ1) is 22.7. The van der Waals surface area contributed by atoms with Crippen LogP contribution in [0.25, 0.3) is 56.5 Å². The molecule has 11 heteroatoms. The van der Waals surface area contributed by atoms with Crippen molar-refractivity contribution in [2.45, 2.75) is 0 Å². The Morgan fingerprint density at radius 3 is 1.54 bits per heavy atom. The molecule has 178 valence electrons. The van der Waals surface area contributed by atoms with Crippen LogP contribution in [0.1, 0.15) is 0 Å². The summed E-state index contributed by atoms with van der Waals surface area (Å²) in [5.74, 6) is 1.33. The van der Waals surface area contributed by atoms with Gasteiger partial charge in [0.05, 0.1) is 34.3 Å². The van der Waals surface area contributed by atoms with Crippen LogP contribution in [0.3, 0.4) is 0 Å². The van der Waals surface area contributed by atoms with Crippen LogP contribution in [0.2, 0.25) is 0 Å². The molecule has 0 amide bonds. The van der Waals surface area contributed by atoms with Crippen molar-refractivity contribution in [1.29, 1.82) is 0 Å². The number of hydrogen-bond donors (Lipinski definition) is 0. The number of aromatic nitrogens is 10. The van der Waals surface area contributed by atoms with E-state index in [9.17, 15) is 0 Å². The van der Waals surface area contributed by atoms with Crippen LogP contribution in [-0.4, -0.2) is 49.0 Å². The van der Waals surface area contributed by atoms with Gasteiger partial charge < -0.3 is 19.1 Å². The largest absolute Gasteiger partial charge is 2.00 e. The fourth-order valence-electron chi connectivity index (χ4n) is 4.10. The monoisotopic (exact) mass is 572 g/mol. The average molecular weight is 573 g/mol. The van der Waals surface area contributed by atoms with Gasteiger partial charge in [0.2, 0.25) is 0 Å². The summed E-state index contributed by atoms with van der Waals surface area (Å²) >= 11 is 0. The number of fused-ring (bicyclic) bond motifs is 2. The van der Waals surface area contributed by atoms with E-state index in [1.54, 1.807) is 21.5 Å². The third kappa shape index (κ3) is 3.96. The quantitative estimate of drug-likeness (QED) is 0.232. The van der Waals surface area contributed by atoms with E-state index >= 15 is 0 Å². The first-order valence-electron chi connectivity index (χ1n) is 11.0. The first-order chi connectivity index (χ1) is 17.8. The van der Waals surface area contributed by atoms with Gasteiger partial charge in [0.1, 0.15) is 12.7 Å². The fraction of sp³-hybridized carbons (Fsp3) is 0.